The molecule has 12 heteroatoms. The van der Waals surface area contributed by atoms with Gasteiger partial charge in [-0.1, -0.05) is 121 Å². The van der Waals surface area contributed by atoms with Crippen molar-refractivity contribution in [2.24, 2.45) is 0 Å². The standard InChI is InChI=1S/C28H26N4O4P2S2/c1-29(27(39)23-15-7-3-8-16-23)31-37(33,35-25-19-11-5-12-20-25)32(30(2)28(40)24-17-9-4-10-18-24)38(31,34)36-26-21-13-6-14-22-26/h3-22H,1-2H3. The molecule has 0 bridgehead atoms. The summed E-state index contributed by atoms with van der Waals surface area (Å²) in [5.74, 6) is 0.620. The van der Waals surface area contributed by atoms with Gasteiger partial charge in [0.05, 0.1) is 0 Å². The van der Waals surface area contributed by atoms with Gasteiger partial charge in [-0.15, -0.1) is 0 Å². The zero-order chi connectivity index (χ0) is 28.3. The van der Waals surface area contributed by atoms with Crippen LogP contribution in [0.3, 0.4) is 0 Å². The summed E-state index contributed by atoms with van der Waals surface area (Å²) in [4.78, 5) is 0.560. The number of para-hydroxylation sites is 2. The maximum Gasteiger partial charge on any atom is 0.451 e. The Morgan fingerprint density at radius 2 is 0.825 bits per heavy atom. The number of hydrazine groups is 2. The first-order chi connectivity index (χ1) is 19.3. The van der Waals surface area contributed by atoms with Crippen LogP contribution in [-0.2, 0) is 9.13 Å². The first-order valence-electron chi connectivity index (χ1n) is 12.2. The first-order valence-corrected chi connectivity index (χ1v) is 16.1. The Morgan fingerprint density at radius 1 is 0.550 bits per heavy atom. The average Bonchev–Trinajstić information content (AvgIpc) is 2.98. The summed E-state index contributed by atoms with van der Waals surface area (Å²) >= 11 is 11.5. The van der Waals surface area contributed by atoms with E-state index in [-0.39, 0.29) is 9.98 Å². The van der Waals surface area contributed by atoms with Crippen LogP contribution >= 0.6 is 39.8 Å². The quantitative estimate of drug-likeness (QED) is 0.149. The molecule has 0 saturated carbocycles. The van der Waals surface area contributed by atoms with Crippen molar-refractivity contribution in [3.63, 3.8) is 0 Å². The van der Waals surface area contributed by atoms with Gasteiger partial charge in [0.25, 0.3) is 0 Å². The van der Waals surface area contributed by atoms with E-state index in [1.165, 1.54) is 10.0 Å². The van der Waals surface area contributed by atoms with Crippen LogP contribution in [0.4, 0.5) is 0 Å². The van der Waals surface area contributed by atoms with Crippen LogP contribution in [0.2, 0.25) is 0 Å². The molecule has 0 N–H and O–H groups in total. The molecule has 0 unspecified atom stereocenters. The van der Waals surface area contributed by atoms with Gasteiger partial charge < -0.3 is 9.05 Å². The molecule has 40 heavy (non-hydrogen) atoms. The lowest BCUT2D eigenvalue weighted by molar-refractivity contribution is 0.105. The third kappa shape index (κ3) is 5.22. The lowest BCUT2D eigenvalue weighted by atomic mass is 10.2. The summed E-state index contributed by atoms with van der Waals surface area (Å²) in [6.07, 6.45) is 0. The minimum Gasteiger partial charge on any atom is -0.419 e. The second-order valence-electron chi connectivity index (χ2n) is 8.72. The van der Waals surface area contributed by atoms with E-state index in [0.29, 0.717) is 22.6 Å². The summed E-state index contributed by atoms with van der Waals surface area (Å²) in [6, 6.07) is 35.7. The van der Waals surface area contributed by atoms with Crippen LogP contribution in [0.5, 0.6) is 11.5 Å². The molecule has 5 rings (SSSR count). The van der Waals surface area contributed by atoms with Gasteiger partial charge in [-0.3, -0.25) is 10.0 Å². The van der Waals surface area contributed by atoms with E-state index < -0.39 is 15.3 Å². The SMILES string of the molecule is CN(C(=S)c1ccccc1)N1P(=O)(Oc2ccccc2)N(N(C)C(=S)c2ccccc2)P1(=O)Oc1ccccc1. The van der Waals surface area contributed by atoms with Gasteiger partial charge in [0.1, 0.15) is 21.5 Å². The van der Waals surface area contributed by atoms with Gasteiger partial charge in [-0.25, -0.2) is 9.13 Å². The van der Waals surface area contributed by atoms with Crippen molar-refractivity contribution in [1.29, 1.82) is 0 Å². The van der Waals surface area contributed by atoms with Gasteiger partial charge in [0.2, 0.25) is 0 Å². The molecule has 1 heterocycles. The third-order valence-electron chi connectivity index (χ3n) is 6.01. The number of benzene rings is 4. The molecule has 0 spiro atoms. The average molecular weight is 609 g/mol. The van der Waals surface area contributed by atoms with Crippen LogP contribution < -0.4 is 9.05 Å². The Hall–Kier alpha value is -3.36. The number of hydrogen-bond donors (Lipinski definition) is 0. The largest absolute Gasteiger partial charge is 0.451 e. The van der Waals surface area contributed by atoms with E-state index >= 15 is 9.13 Å². The van der Waals surface area contributed by atoms with Gasteiger partial charge >= 0.3 is 15.3 Å². The number of nitrogens with zero attached hydrogens (tertiary/aromatic N) is 4. The zero-order valence-corrected chi connectivity index (χ0v) is 25.1. The molecule has 4 aromatic carbocycles. The summed E-state index contributed by atoms with van der Waals surface area (Å²) in [5.41, 5.74) is 1.34. The highest BCUT2D eigenvalue weighted by atomic mass is 32.1. The first kappa shape index (κ1) is 28.2. The van der Waals surface area contributed by atoms with Gasteiger partial charge in [0, 0.05) is 25.2 Å². The second kappa shape index (κ2) is 11.6. The molecule has 1 fully saturated rings. The highest BCUT2D eigenvalue weighted by molar-refractivity contribution is 7.85. The van der Waals surface area contributed by atoms with Crippen molar-refractivity contribution in [2.45, 2.75) is 0 Å². The Balaban J connectivity index is 1.63. The van der Waals surface area contributed by atoms with Crippen molar-refractivity contribution in [2.75, 3.05) is 14.1 Å². The van der Waals surface area contributed by atoms with E-state index in [0.717, 1.165) is 9.10 Å². The highest BCUT2D eigenvalue weighted by Gasteiger charge is 2.75. The molecule has 0 amide bonds. The van der Waals surface area contributed by atoms with Crippen LogP contribution in [0, 0.1) is 0 Å². The molecular formula is C28H26N4O4P2S2. The van der Waals surface area contributed by atoms with E-state index in [4.69, 9.17) is 33.5 Å². The molecule has 4 aromatic rings. The van der Waals surface area contributed by atoms with Crippen LogP contribution in [0.1, 0.15) is 11.1 Å². The van der Waals surface area contributed by atoms with E-state index in [2.05, 4.69) is 0 Å². The van der Waals surface area contributed by atoms with Crippen molar-refractivity contribution in [1.82, 2.24) is 19.1 Å². The molecule has 204 valence electrons. The number of thiocarbonyl (C=S) groups is 2. The minimum atomic E-state index is -4.20. The highest BCUT2D eigenvalue weighted by Crippen LogP contribution is 2.86. The molecular weight excluding hydrogens is 582 g/mol. The molecule has 1 saturated heterocycles. The molecule has 0 radical (unpaired) electrons. The molecule has 8 nitrogen and oxygen atoms in total. The second-order valence-corrected chi connectivity index (χ2v) is 14.0. The van der Waals surface area contributed by atoms with Crippen LogP contribution in [0.25, 0.3) is 0 Å². The summed E-state index contributed by atoms with van der Waals surface area (Å²) in [6.45, 7) is 0. The van der Waals surface area contributed by atoms with E-state index in [1.54, 1.807) is 62.6 Å². The fourth-order valence-corrected chi connectivity index (χ4v) is 11.0. The van der Waals surface area contributed by atoms with E-state index in [1.807, 2.05) is 72.8 Å². The van der Waals surface area contributed by atoms with Gasteiger partial charge in [-0.2, -0.15) is 0 Å². The molecule has 1 aliphatic heterocycles. The minimum absolute atomic E-state index is 0.280. The maximum absolute atomic E-state index is 15.0. The van der Waals surface area contributed by atoms with Gasteiger partial charge in [0.15, 0.2) is 0 Å². The zero-order valence-electron chi connectivity index (χ0n) is 21.7. The van der Waals surface area contributed by atoms with Gasteiger partial charge in [-0.05, 0) is 33.4 Å². The van der Waals surface area contributed by atoms with Crippen molar-refractivity contribution in [3.8, 4) is 11.5 Å². The molecule has 0 aromatic heterocycles. The predicted molar refractivity (Wildman–Crippen MR) is 165 cm³/mol. The maximum atomic E-state index is 15.0. The van der Waals surface area contributed by atoms with Crippen molar-refractivity contribution >= 4 is 49.8 Å². The molecule has 0 aliphatic carbocycles. The predicted octanol–water partition coefficient (Wildman–Crippen LogP) is 7.42. The smallest absolute Gasteiger partial charge is 0.419 e. The summed E-state index contributed by atoms with van der Waals surface area (Å²) < 4.78 is 44.6. The van der Waals surface area contributed by atoms with Crippen molar-refractivity contribution < 1.29 is 18.2 Å². The summed E-state index contributed by atoms with van der Waals surface area (Å²) in [5, 5.41) is 2.79. The number of rotatable bonds is 8. The Morgan fingerprint density at radius 3 is 1.12 bits per heavy atom. The topological polar surface area (TPSA) is 65.6 Å². The fraction of sp³-hybridized carbons (Fsp3) is 0.0714. The molecule has 0 atom stereocenters. The van der Waals surface area contributed by atoms with Crippen LogP contribution in [-0.4, -0.2) is 43.2 Å². The molecule has 1 aliphatic rings. The monoisotopic (exact) mass is 608 g/mol. The number of hydrogen-bond acceptors (Lipinski definition) is 6. The Labute approximate surface area is 244 Å². The third-order valence-corrected chi connectivity index (χ3v) is 13.5. The van der Waals surface area contributed by atoms with Crippen molar-refractivity contribution in [3.05, 3.63) is 132 Å². The normalized spacial score (nSPS) is 20.6. The van der Waals surface area contributed by atoms with E-state index in [9.17, 15) is 0 Å². The lowest BCUT2D eigenvalue weighted by Gasteiger charge is -2.56. The lowest BCUT2D eigenvalue weighted by Crippen LogP contribution is -2.59. The Kier molecular flexibility index (Phi) is 8.19. The Bertz CT molecular complexity index is 1460. The summed E-state index contributed by atoms with van der Waals surface area (Å²) in [7, 11) is -5.22. The van der Waals surface area contributed by atoms with Crippen LogP contribution in [0.15, 0.2) is 121 Å². The fourth-order valence-electron chi connectivity index (χ4n) is 4.16.